The molecule has 0 spiro atoms. The van der Waals surface area contributed by atoms with E-state index in [1.165, 1.54) is 6.07 Å². The van der Waals surface area contributed by atoms with Gasteiger partial charge >= 0.3 is 5.97 Å². The van der Waals surface area contributed by atoms with Crippen molar-refractivity contribution in [1.29, 1.82) is 0 Å². The molecule has 0 atom stereocenters. The van der Waals surface area contributed by atoms with Gasteiger partial charge in [-0.1, -0.05) is 11.6 Å². The molecule has 86 valence electrons. The maximum atomic E-state index is 13.5. The number of aliphatic carboxylic acids is 1. The molecule has 1 saturated carbocycles. The Morgan fingerprint density at radius 3 is 2.62 bits per heavy atom. The first kappa shape index (κ1) is 11.9. The van der Waals surface area contributed by atoms with Crippen LogP contribution in [0.1, 0.15) is 24.8 Å². The molecule has 2 rings (SSSR count). The van der Waals surface area contributed by atoms with Crippen LogP contribution in [0.5, 0.6) is 0 Å². The molecule has 1 aliphatic rings. The average molecular weight is 308 g/mol. The lowest BCUT2D eigenvalue weighted by atomic mass is 9.92. The van der Waals surface area contributed by atoms with Gasteiger partial charge in [0.05, 0.1) is 15.9 Å². The van der Waals surface area contributed by atoms with Gasteiger partial charge in [0.2, 0.25) is 0 Å². The smallest absolute Gasteiger partial charge is 0.304 e. The molecule has 0 radical (unpaired) electrons. The highest BCUT2D eigenvalue weighted by molar-refractivity contribution is 9.10. The zero-order chi connectivity index (χ0) is 11.9. The predicted octanol–water partition coefficient (Wildman–Crippen LogP) is 3.75. The van der Waals surface area contributed by atoms with E-state index in [1.54, 1.807) is 6.07 Å². The minimum absolute atomic E-state index is 0.0321. The quantitative estimate of drug-likeness (QED) is 0.864. The van der Waals surface area contributed by atoms with Crippen molar-refractivity contribution in [3.63, 3.8) is 0 Å². The summed E-state index contributed by atoms with van der Waals surface area (Å²) in [5, 5.41) is 9.09. The lowest BCUT2D eigenvalue weighted by molar-refractivity contribution is -0.137. The first-order valence-electron chi connectivity index (χ1n) is 4.81. The molecule has 1 aromatic carbocycles. The third-order valence-corrected chi connectivity index (χ3v) is 4.27. The van der Waals surface area contributed by atoms with Crippen LogP contribution in [0, 0.1) is 5.82 Å². The second-order valence-electron chi connectivity index (χ2n) is 4.10. The number of carboxylic acid groups (broad SMARTS) is 1. The Hall–Kier alpha value is -0.610. The van der Waals surface area contributed by atoms with E-state index < -0.39 is 17.2 Å². The highest BCUT2D eigenvalue weighted by Crippen LogP contribution is 2.52. The van der Waals surface area contributed by atoms with E-state index >= 15 is 0 Å². The molecule has 0 amide bonds. The second-order valence-corrected chi connectivity index (χ2v) is 5.30. The number of benzene rings is 1. The van der Waals surface area contributed by atoms with E-state index in [-0.39, 0.29) is 15.9 Å². The van der Waals surface area contributed by atoms with E-state index in [9.17, 15) is 9.18 Å². The van der Waals surface area contributed by atoms with Crippen molar-refractivity contribution in [3.8, 4) is 0 Å². The first-order chi connectivity index (χ1) is 7.44. The zero-order valence-electron chi connectivity index (χ0n) is 8.27. The molecule has 16 heavy (non-hydrogen) atoms. The van der Waals surface area contributed by atoms with Crippen molar-refractivity contribution in [2.75, 3.05) is 0 Å². The fraction of sp³-hybridized carbons (Fsp3) is 0.364. The minimum Gasteiger partial charge on any atom is -0.481 e. The largest absolute Gasteiger partial charge is 0.481 e. The van der Waals surface area contributed by atoms with Crippen molar-refractivity contribution in [2.45, 2.75) is 24.7 Å². The summed E-state index contributed by atoms with van der Waals surface area (Å²) in [6.07, 6.45) is 1.58. The molecule has 2 nitrogen and oxygen atoms in total. The molecular weight excluding hydrogens is 298 g/mol. The Labute approximate surface area is 106 Å². The number of hydrogen-bond donors (Lipinski definition) is 1. The van der Waals surface area contributed by atoms with Crippen LogP contribution >= 0.6 is 27.5 Å². The summed E-state index contributed by atoms with van der Waals surface area (Å²) >= 11 is 8.88. The summed E-state index contributed by atoms with van der Waals surface area (Å²) in [5.74, 6) is -1.31. The van der Waals surface area contributed by atoms with Crippen LogP contribution in [0.2, 0.25) is 5.02 Å². The van der Waals surface area contributed by atoms with Gasteiger partial charge in [-0.2, -0.15) is 0 Å². The summed E-state index contributed by atoms with van der Waals surface area (Å²) in [5.41, 5.74) is 0.275. The Morgan fingerprint density at radius 2 is 2.19 bits per heavy atom. The first-order valence-corrected chi connectivity index (χ1v) is 5.98. The summed E-state index contributed by atoms with van der Waals surface area (Å²) in [4.78, 5) is 10.7. The van der Waals surface area contributed by atoms with Crippen LogP contribution < -0.4 is 0 Å². The minimum atomic E-state index is -0.864. The highest BCUT2D eigenvalue weighted by atomic mass is 79.9. The van der Waals surface area contributed by atoms with Gasteiger partial charge in [0.15, 0.2) is 0 Å². The van der Waals surface area contributed by atoms with E-state index in [1.807, 2.05) is 0 Å². The topological polar surface area (TPSA) is 37.3 Å². The number of carbonyl (C=O) groups is 1. The Morgan fingerprint density at radius 1 is 1.56 bits per heavy atom. The zero-order valence-corrected chi connectivity index (χ0v) is 10.6. The van der Waals surface area contributed by atoms with Crippen molar-refractivity contribution >= 4 is 33.5 Å². The molecule has 0 unspecified atom stereocenters. The third-order valence-electron chi connectivity index (χ3n) is 2.94. The van der Waals surface area contributed by atoms with Crippen LogP contribution in [0.3, 0.4) is 0 Å². The summed E-state index contributed by atoms with van der Waals surface area (Å²) < 4.78 is 13.7. The number of hydrogen-bond acceptors (Lipinski definition) is 1. The Kier molecular flexibility index (Phi) is 2.97. The number of halogens is 3. The Balaban J connectivity index is 2.38. The summed E-state index contributed by atoms with van der Waals surface area (Å²) in [6.45, 7) is 0. The lowest BCUT2D eigenvalue weighted by Gasteiger charge is -2.14. The molecular formula is C11H9BrClFO2. The third kappa shape index (κ3) is 2.09. The van der Waals surface area contributed by atoms with Gasteiger partial charge in [0, 0.05) is 5.41 Å². The van der Waals surface area contributed by atoms with Crippen molar-refractivity contribution < 1.29 is 14.3 Å². The molecule has 0 heterocycles. The van der Waals surface area contributed by atoms with Crippen LogP contribution in [-0.2, 0) is 10.2 Å². The van der Waals surface area contributed by atoms with E-state index in [2.05, 4.69) is 15.9 Å². The molecule has 1 N–H and O–H groups in total. The number of rotatable bonds is 3. The normalized spacial score (nSPS) is 17.2. The lowest BCUT2D eigenvalue weighted by Crippen LogP contribution is -2.13. The van der Waals surface area contributed by atoms with Gasteiger partial charge in [-0.3, -0.25) is 4.79 Å². The predicted molar refractivity (Wildman–Crippen MR) is 62.3 cm³/mol. The van der Waals surface area contributed by atoms with Gasteiger partial charge in [0.25, 0.3) is 0 Å². The van der Waals surface area contributed by atoms with E-state index in [4.69, 9.17) is 16.7 Å². The van der Waals surface area contributed by atoms with Gasteiger partial charge in [-0.05, 0) is 46.5 Å². The summed E-state index contributed by atoms with van der Waals surface area (Å²) in [7, 11) is 0. The van der Waals surface area contributed by atoms with E-state index in [0.717, 1.165) is 12.8 Å². The molecule has 0 bridgehead atoms. The monoisotopic (exact) mass is 306 g/mol. The molecule has 0 aromatic heterocycles. The maximum absolute atomic E-state index is 13.5. The molecule has 5 heteroatoms. The van der Waals surface area contributed by atoms with Gasteiger partial charge in [-0.25, -0.2) is 4.39 Å². The summed E-state index contributed by atoms with van der Waals surface area (Å²) in [6, 6.07) is 3.01. The maximum Gasteiger partial charge on any atom is 0.304 e. The molecule has 1 fully saturated rings. The van der Waals surface area contributed by atoms with Crippen molar-refractivity contribution in [2.24, 2.45) is 0 Å². The SMILES string of the molecule is O=C(O)CC1(c2cc(F)c(Br)c(Cl)c2)CC1. The van der Waals surface area contributed by atoms with Crippen molar-refractivity contribution in [3.05, 3.63) is 33.0 Å². The van der Waals surface area contributed by atoms with E-state index in [0.29, 0.717) is 5.56 Å². The van der Waals surface area contributed by atoms with Crippen LogP contribution in [0.25, 0.3) is 0 Å². The standard InChI is InChI=1S/C11H9BrClFO2/c12-10-7(13)3-6(4-8(10)14)11(1-2-11)5-9(15)16/h3-4H,1-2,5H2,(H,15,16). The van der Waals surface area contributed by atoms with Crippen molar-refractivity contribution in [1.82, 2.24) is 0 Å². The van der Waals surface area contributed by atoms with Gasteiger partial charge in [0.1, 0.15) is 5.82 Å². The molecule has 0 saturated heterocycles. The number of carboxylic acids is 1. The highest BCUT2D eigenvalue weighted by Gasteiger charge is 2.46. The molecule has 0 aliphatic heterocycles. The van der Waals surface area contributed by atoms with Crippen LogP contribution in [0.4, 0.5) is 4.39 Å². The van der Waals surface area contributed by atoms with Crippen LogP contribution in [-0.4, -0.2) is 11.1 Å². The fourth-order valence-corrected chi connectivity index (χ4v) is 2.31. The molecule has 1 aromatic rings. The van der Waals surface area contributed by atoms with Gasteiger partial charge < -0.3 is 5.11 Å². The Bertz CT molecular complexity index is 434. The fourth-order valence-electron chi connectivity index (χ4n) is 1.87. The second kappa shape index (κ2) is 4.00. The molecule has 1 aliphatic carbocycles. The average Bonchev–Trinajstić information content (AvgIpc) is 2.93. The van der Waals surface area contributed by atoms with Crippen LogP contribution in [0.15, 0.2) is 16.6 Å². The van der Waals surface area contributed by atoms with Gasteiger partial charge in [-0.15, -0.1) is 0 Å².